The molecule has 0 aromatic heterocycles. The Bertz CT molecular complexity index is 1530. The highest BCUT2D eigenvalue weighted by Crippen LogP contribution is 2.31. The Balaban J connectivity index is 1.71. The number of halogens is 2. The normalized spacial score (nSPS) is 14.3. The Kier molecular flexibility index (Phi) is 10.6. The van der Waals surface area contributed by atoms with Crippen molar-refractivity contribution in [2.24, 2.45) is 0 Å². The fourth-order valence-corrected chi connectivity index (χ4v) is 7.29. The number of nitrogens with zero attached hydrogens (tertiary/aromatic N) is 2. The van der Waals surface area contributed by atoms with Gasteiger partial charge in [0, 0.05) is 17.6 Å². The number of benzene rings is 3. The van der Waals surface area contributed by atoms with Crippen LogP contribution in [0, 0.1) is 6.92 Å². The number of hydrogen-bond donors (Lipinski definition) is 1. The minimum absolute atomic E-state index is 0.0202. The first-order valence-corrected chi connectivity index (χ1v) is 16.4. The smallest absolute Gasteiger partial charge is 0.264 e. The average molecular weight is 677 g/mol. The van der Waals surface area contributed by atoms with Gasteiger partial charge in [0.2, 0.25) is 11.8 Å². The molecule has 0 heterocycles. The molecule has 8 nitrogen and oxygen atoms in total. The lowest BCUT2D eigenvalue weighted by atomic mass is 10.1. The maximum absolute atomic E-state index is 14.1. The molecule has 1 N–H and O–H groups in total. The second-order valence-electron chi connectivity index (χ2n) is 10.4. The van der Waals surface area contributed by atoms with Crippen LogP contribution in [0.15, 0.2) is 76.1 Å². The second-order valence-corrected chi connectivity index (χ2v) is 13.5. The van der Waals surface area contributed by atoms with Crippen molar-refractivity contribution in [3.05, 3.63) is 87.4 Å². The first-order valence-electron chi connectivity index (χ1n) is 13.8. The average Bonchev–Trinajstić information content (AvgIpc) is 3.48. The zero-order valence-electron chi connectivity index (χ0n) is 23.8. The van der Waals surface area contributed by atoms with E-state index >= 15 is 0 Å². The fraction of sp³-hybridized carbons (Fsp3) is 0.355. The molecule has 0 radical (unpaired) electrons. The van der Waals surface area contributed by atoms with E-state index in [9.17, 15) is 18.0 Å². The van der Waals surface area contributed by atoms with Gasteiger partial charge in [-0.05, 0) is 84.6 Å². The van der Waals surface area contributed by atoms with Crippen LogP contribution in [-0.4, -0.2) is 50.9 Å². The number of carbonyl (C=O) groups excluding carboxylic acids is 2. The zero-order chi connectivity index (χ0) is 30.4. The summed E-state index contributed by atoms with van der Waals surface area (Å²) in [5, 5.41) is 3.51. The Morgan fingerprint density at radius 1 is 1.07 bits per heavy atom. The second kappa shape index (κ2) is 13.9. The number of aryl methyl sites for hydroxylation is 1. The Morgan fingerprint density at radius 3 is 2.36 bits per heavy atom. The Morgan fingerprint density at radius 2 is 1.74 bits per heavy atom. The van der Waals surface area contributed by atoms with Crippen molar-refractivity contribution in [1.29, 1.82) is 0 Å². The summed E-state index contributed by atoms with van der Waals surface area (Å²) in [4.78, 5) is 28.8. The highest BCUT2D eigenvalue weighted by Gasteiger charge is 2.34. The number of nitrogens with one attached hydrogen (secondary N) is 1. The molecule has 1 atom stereocenters. The molecule has 3 aromatic carbocycles. The van der Waals surface area contributed by atoms with E-state index in [1.807, 2.05) is 6.92 Å². The monoisotopic (exact) mass is 675 g/mol. The van der Waals surface area contributed by atoms with Crippen LogP contribution in [0.25, 0.3) is 0 Å². The summed E-state index contributed by atoms with van der Waals surface area (Å²) in [6.07, 6.45) is 3.89. The van der Waals surface area contributed by atoms with Gasteiger partial charge in [-0.15, -0.1) is 0 Å². The topological polar surface area (TPSA) is 96.0 Å². The lowest BCUT2D eigenvalue weighted by Crippen LogP contribution is -2.52. The molecule has 3 aromatic rings. The van der Waals surface area contributed by atoms with E-state index in [-0.39, 0.29) is 23.4 Å². The predicted octanol–water partition coefficient (Wildman–Crippen LogP) is 6.09. The Labute approximate surface area is 261 Å². The van der Waals surface area contributed by atoms with Gasteiger partial charge in [0.05, 0.1) is 22.2 Å². The van der Waals surface area contributed by atoms with E-state index in [2.05, 4.69) is 21.2 Å². The van der Waals surface area contributed by atoms with E-state index < -0.39 is 28.5 Å². The number of anilines is 1. The molecular formula is C31H35BrClN3O5S. The number of methoxy groups -OCH3 is 1. The van der Waals surface area contributed by atoms with Crippen molar-refractivity contribution in [2.75, 3.05) is 18.0 Å². The van der Waals surface area contributed by atoms with Crippen LogP contribution in [0.2, 0.25) is 5.02 Å². The van der Waals surface area contributed by atoms with Crippen LogP contribution in [0.1, 0.15) is 43.7 Å². The third-order valence-electron chi connectivity index (χ3n) is 7.48. The molecule has 0 spiro atoms. The molecule has 0 saturated heterocycles. The number of hydrogen-bond acceptors (Lipinski definition) is 5. The minimum Gasteiger partial charge on any atom is -0.496 e. The van der Waals surface area contributed by atoms with Gasteiger partial charge in [0.1, 0.15) is 18.3 Å². The number of amides is 2. The third-order valence-corrected chi connectivity index (χ3v) is 10.2. The standard InChI is InChI=1S/C31H35BrClN3O5S/c1-21-12-14-25(15-13-21)36(42(39,40)26-16-17-29(41-3)27(32)18-26)20-30(37)35(19-23-8-4-7-11-28(23)33)22(2)31(38)34-24-9-5-6-10-24/h4,7-8,11-18,22,24H,5-6,9-10,19-20H2,1-3H3,(H,34,38). The third kappa shape index (κ3) is 7.46. The van der Waals surface area contributed by atoms with Crippen molar-refractivity contribution in [2.45, 2.75) is 63.1 Å². The van der Waals surface area contributed by atoms with E-state index in [4.69, 9.17) is 16.3 Å². The lowest BCUT2D eigenvalue weighted by molar-refractivity contribution is -0.139. The van der Waals surface area contributed by atoms with Gasteiger partial charge < -0.3 is 15.0 Å². The van der Waals surface area contributed by atoms with E-state index in [0.717, 1.165) is 35.6 Å². The minimum atomic E-state index is -4.21. The number of ether oxygens (including phenoxy) is 1. The van der Waals surface area contributed by atoms with Crippen LogP contribution in [0.4, 0.5) is 5.69 Å². The first-order chi connectivity index (χ1) is 20.0. The lowest BCUT2D eigenvalue weighted by Gasteiger charge is -2.32. The zero-order valence-corrected chi connectivity index (χ0v) is 27.0. The summed E-state index contributed by atoms with van der Waals surface area (Å²) < 4.78 is 34.9. The quantitative estimate of drug-likeness (QED) is 0.265. The number of sulfonamides is 1. The van der Waals surface area contributed by atoms with Gasteiger partial charge in [-0.2, -0.15) is 0 Å². The van der Waals surface area contributed by atoms with Crippen LogP contribution in [-0.2, 0) is 26.2 Å². The van der Waals surface area contributed by atoms with Crippen LogP contribution in [0.3, 0.4) is 0 Å². The Hall–Kier alpha value is -3.08. The summed E-state index contributed by atoms with van der Waals surface area (Å²) in [6, 6.07) is 17.6. The summed E-state index contributed by atoms with van der Waals surface area (Å²) in [6.45, 7) is 3.06. The molecule has 4 rings (SSSR count). The molecule has 1 fully saturated rings. The number of rotatable bonds is 11. The van der Waals surface area contributed by atoms with Crippen LogP contribution >= 0.6 is 27.5 Å². The largest absolute Gasteiger partial charge is 0.496 e. The molecule has 42 heavy (non-hydrogen) atoms. The fourth-order valence-electron chi connectivity index (χ4n) is 4.96. The van der Waals surface area contributed by atoms with Gasteiger partial charge in [0.25, 0.3) is 10.0 Å². The maximum atomic E-state index is 14.1. The van der Waals surface area contributed by atoms with Crippen molar-refractivity contribution in [1.82, 2.24) is 10.2 Å². The summed E-state index contributed by atoms with van der Waals surface area (Å²) in [5.41, 5.74) is 1.91. The van der Waals surface area contributed by atoms with E-state index in [1.54, 1.807) is 61.5 Å². The molecule has 1 saturated carbocycles. The molecule has 0 bridgehead atoms. The molecule has 2 amide bonds. The number of carbonyl (C=O) groups is 2. The highest BCUT2D eigenvalue weighted by molar-refractivity contribution is 9.10. The molecule has 1 aliphatic carbocycles. The molecule has 1 aliphatic rings. The molecule has 224 valence electrons. The predicted molar refractivity (Wildman–Crippen MR) is 168 cm³/mol. The van der Waals surface area contributed by atoms with E-state index in [0.29, 0.717) is 26.5 Å². The van der Waals surface area contributed by atoms with Crippen molar-refractivity contribution in [3.63, 3.8) is 0 Å². The van der Waals surface area contributed by atoms with Gasteiger partial charge in [-0.25, -0.2) is 8.42 Å². The summed E-state index contributed by atoms with van der Waals surface area (Å²) in [7, 11) is -2.73. The SMILES string of the molecule is COc1ccc(S(=O)(=O)N(CC(=O)N(Cc2ccccc2Cl)C(C)C(=O)NC2CCCC2)c2ccc(C)cc2)cc1Br. The maximum Gasteiger partial charge on any atom is 0.264 e. The van der Waals surface area contributed by atoms with Crippen LogP contribution < -0.4 is 14.4 Å². The molecule has 1 unspecified atom stereocenters. The van der Waals surface area contributed by atoms with Gasteiger partial charge in [-0.1, -0.05) is 60.3 Å². The highest BCUT2D eigenvalue weighted by atomic mass is 79.9. The van der Waals surface area contributed by atoms with Crippen LogP contribution in [0.5, 0.6) is 5.75 Å². The van der Waals surface area contributed by atoms with Crippen molar-refractivity contribution < 1.29 is 22.7 Å². The first kappa shape index (κ1) is 31.8. The molecular weight excluding hydrogens is 642 g/mol. The summed E-state index contributed by atoms with van der Waals surface area (Å²) >= 11 is 9.81. The molecule has 11 heteroatoms. The van der Waals surface area contributed by atoms with Gasteiger partial charge in [-0.3, -0.25) is 13.9 Å². The van der Waals surface area contributed by atoms with E-state index in [1.165, 1.54) is 24.1 Å². The van der Waals surface area contributed by atoms with Gasteiger partial charge >= 0.3 is 0 Å². The van der Waals surface area contributed by atoms with Gasteiger partial charge in [0.15, 0.2) is 0 Å². The van der Waals surface area contributed by atoms with Crippen molar-refractivity contribution >= 4 is 55.1 Å². The van der Waals surface area contributed by atoms with Crippen molar-refractivity contribution in [3.8, 4) is 5.75 Å². The molecule has 0 aliphatic heterocycles. The summed E-state index contributed by atoms with van der Waals surface area (Å²) in [5.74, 6) is -0.355.